The molecule has 0 unspecified atom stereocenters. The van der Waals surface area contributed by atoms with Crippen molar-refractivity contribution in [3.8, 4) is 0 Å². The van der Waals surface area contributed by atoms with E-state index in [0.717, 1.165) is 4.31 Å². The highest BCUT2D eigenvalue weighted by Crippen LogP contribution is 2.14. The number of sulfonamides is 1. The van der Waals surface area contributed by atoms with E-state index < -0.39 is 40.3 Å². The average Bonchev–Trinajstić information content (AvgIpc) is 2.74. The van der Waals surface area contributed by atoms with Crippen molar-refractivity contribution >= 4 is 27.7 Å². The number of hydrogen-bond acceptors (Lipinski definition) is 7. The summed E-state index contributed by atoms with van der Waals surface area (Å²) in [6.45, 7) is 1.17. The average molecular weight is 433 g/mol. The smallest absolute Gasteiger partial charge is 0.243 e. The summed E-state index contributed by atoms with van der Waals surface area (Å²) < 4.78 is 26.1. The predicted molar refractivity (Wildman–Crippen MR) is 111 cm³/mol. The van der Waals surface area contributed by atoms with E-state index in [1.54, 1.807) is 25.1 Å². The maximum atomic E-state index is 12.5. The van der Waals surface area contributed by atoms with Gasteiger partial charge in [0.1, 0.15) is 6.04 Å². The standard InChI is InChI=1S/C15H22N4O5S.2CH5N/c1-3-19(25(23,24)11-7-5-4-6-8-11)10-14(21)18-12(9-13(16)20)15(22)17-2;2*1-2/h4-8,12H,3,9-10H2,1-2H3,(H2,16,20)(H,17,22)(H,18,21);2*2H2,1H3/t12-;;/m0../s1. The highest BCUT2D eigenvalue weighted by atomic mass is 32.2. The number of benzene rings is 1. The van der Waals surface area contributed by atoms with Crippen LogP contribution in [0.25, 0.3) is 0 Å². The van der Waals surface area contributed by atoms with E-state index >= 15 is 0 Å². The topological polar surface area (TPSA) is 191 Å². The summed E-state index contributed by atoms with van der Waals surface area (Å²) in [5, 5.41) is 4.64. The van der Waals surface area contributed by atoms with E-state index in [-0.39, 0.29) is 17.9 Å². The molecule has 12 heteroatoms. The van der Waals surface area contributed by atoms with Gasteiger partial charge in [0, 0.05) is 13.6 Å². The van der Waals surface area contributed by atoms with Crippen molar-refractivity contribution in [3.05, 3.63) is 30.3 Å². The minimum absolute atomic E-state index is 0.0598. The molecule has 0 fully saturated rings. The molecule has 29 heavy (non-hydrogen) atoms. The molecule has 0 radical (unpaired) electrons. The lowest BCUT2D eigenvalue weighted by molar-refractivity contribution is -0.130. The molecule has 0 aliphatic heterocycles. The van der Waals surface area contributed by atoms with Gasteiger partial charge in [-0.3, -0.25) is 14.4 Å². The zero-order valence-corrected chi connectivity index (χ0v) is 18.0. The summed E-state index contributed by atoms with van der Waals surface area (Å²) in [4.78, 5) is 34.9. The van der Waals surface area contributed by atoms with Crippen LogP contribution in [-0.2, 0) is 24.4 Å². The highest BCUT2D eigenvalue weighted by Gasteiger charge is 2.27. The molecule has 0 aromatic heterocycles. The van der Waals surface area contributed by atoms with Gasteiger partial charge in [-0.05, 0) is 26.2 Å². The summed E-state index contributed by atoms with van der Waals surface area (Å²) in [6.07, 6.45) is -0.386. The molecule has 1 aromatic carbocycles. The number of amides is 3. The van der Waals surface area contributed by atoms with Gasteiger partial charge in [0.05, 0.1) is 17.9 Å². The second-order valence-corrected chi connectivity index (χ2v) is 7.09. The molecule has 3 amide bonds. The van der Waals surface area contributed by atoms with Gasteiger partial charge in [-0.15, -0.1) is 0 Å². The van der Waals surface area contributed by atoms with Crippen LogP contribution in [0.1, 0.15) is 13.3 Å². The van der Waals surface area contributed by atoms with Gasteiger partial charge < -0.3 is 27.8 Å². The third-order valence-corrected chi connectivity index (χ3v) is 5.29. The Morgan fingerprint density at radius 2 is 1.59 bits per heavy atom. The van der Waals surface area contributed by atoms with Crippen molar-refractivity contribution in [1.82, 2.24) is 14.9 Å². The third-order valence-electron chi connectivity index (χ3n) is 3.36. The minimum atomic E-state index is -3.85. The van der Waals surface area contributed by atoms with Crippen LogP contribution in [0.15, 0.2) is 35.2 Å². The second-order valence-electron chi connectivity index (χ2n) is 5.15. The lowest BCUT2D eigenvalue weighted by Crippen LogP contribution is -2.50. The summed E-state index contributed by atoms with van der Waals surface area (Å²) in [6, 6.07) is 6.53. The first kappa shape index (κ1) is 28.7. The molecule has 166 valence electrons. The van der Waals surface area contributed by atoms with Crippen molar-refractivity contribution in [3.63, 3.8) is 0 Å². The van der Waals surface area contributed by atoms with Crippen molar-refractivity contribution in [2.45, 2.75) is 24.3 Å². The van der Waals surface area contributed by atoms with Gasteiger partial charge in [-0.2, -0.15) is 4.31 Å². The number of primary amides is 1. The van der Waals surface area contributed by atoms with E-state index in [2.05, 4.69) is 22.1 Å². The maximum Gasteiger partial charge on any atom is 0.243 e. The molecule has 0 heterocycles. The van der Waals surface area contributed by atoms with Crippen LogP contribution < -0.4 is 27.8 Å². The zero-order valence-electron chi connectivity index (χ0n) is 17.2. The molecular formula is C17H32N6O5S. The van der Waals surface area contributed by atoms with Crippen molar-refractivity contribution in [1.29, 1.82) is 0 Å². The van der Waals surface area contributed by atoms with Crippen LogP contribution in [0, 0.1) is 0 Å². The fourth-order valence-corrected chi connectivity index (χ4v) is 3.52. The van der Waals surface area contributed by atoms with Crippen LogP contribution in [0.2, 0.25) is 0 Å². The molecule has 0 bridgehead atoms. The van der Waals surface area contributed by atoms with Gasteiger partial charge in [0.2, 0.25) is 27.7 Å². The fourth-order valence-electron chi connectivity index (χ4n) is 2.09. The second kappa shape index (κ2) is 15.4. The van der Waals surface area contributed by atoms with Gasteiger partial charge in [-0.25, -0.2) is 8.42 Å². The van der Waals surface area contributed by atoms with E-state index in [1.165, 1.54) is 33.3 Å². The lowest BCUT2D eigenvalue weighted by atomic mass is 10.2. The Hall–Kier alpha value is -2.54. The molecule has 1 rings (SSSR count). The molecule has 0 spiro atoms. The number of rotatable bonds is 9. The van der Waals surface area contributed by atoms with Gasteiger partial charge >= 0.3 is 0 Å². The van der Waals surface area contributed by atoms with E-state index in [9.17, 15) is 22.8 Å². The van der Waals surface area contributed by atoms with Crippen LogP contribution >= 0.6 is 0 Å². The molecular weight excluding hydrogens is 400 g/mol. The zero-order chi connectivity index (χ0) is 23.0. The van der Waals surface area contributed by atoms with Gasteiger partial charge in [0.25, 0.3) is 0 Å². The fraction of sp³-hybridized carbons (Fsp3) is 0.471. The third kappa shape index (κ3) is 9.99. The summed E-state index contributed by atoms with van der Waals surface area (Å²) in [5.41, 5.74) is 14.1. The van der Waals surface area contributed by atoms with E-state index in [1.807, 2.05) is 0 Å². The Bertz CT molecular complexity index is 727. The number of carbonyl (C=O) groups is 3. The molecule has 0 aliphatic carbocycles. The van der Waals surface area contributed by atoms with Crippen LogP contribution in [0.5, 0.6) is 0 Å². The molecule has 0 saturated carbocycles. The number of hydrogen-bond donors (Lipinski definition) is 5. The molecule has 11 nitrogen and oxygen atoms in total. The quantitative estimate of drug-likeness (QED) is 0.296. The van der Waals surface area contributed by atoms with Crippen molar-refractivity contribution < 1.29 is 22.8 Å². The number of nitrogens with one attached hydrogen (secondary N) is 2. The summed E-state index contributed by atoms with van der Waals surface area (Å²) >= 11 is 0. The maximum absolute atomic E-state index is 12.5. The first-order valence-corrected chi connectivity index (χ1v) is 10.2. The van der Waals surface area contributed by atoms with Crippen LogP contribution in [-0.4, -0.2) is 70.7 Å². The SMILES string of the molecule is CCN(CC(=O)N[C@@H](CC(N)=O)C(=O)NC)S(=O)(=O)c1ccccc1.CN.CN. The Morgan fingerprint density at radius 3 is 2.00 bits per heavy atom. The highest BCUT2D eigenvalue weighted by molar-refractivity contribution is 7.89. The Morgan fingerprint density at radius 1 is 1.07 bits per heavy atom. The number of likely N-dealkylation sites (N-methyl/N-ethyl adjacent to an activating group) is 2. The summed E-state index contributed by atoms with van der Waals surface area (Å²) in [7, 11) is 0.497. The Balaban J connectivity index is 0. The molecule has 0 aliphatic rings. The first-order chi connectivity index (χ1) is 13.7. The Kier molecular flexibility index (Phi) is 15.2. The molecule has 1 aromatic rings. The number of nitrogens with two attached hydrogens (primary N) is 3. The van der Waals surface area contributed by atoms with Gasteiger partial charge in [-0.1, -0.05) is 25.1 Å². The molecule has 8 N–H and O–H groups in total. The number of carbonyl (C=O) groups excluding carboxylic acids is 3. The monoisotopic (exact) mass is 432 g/mol. The normalized spacial score (nSPS) is 11.1. The van der Waals surface area contributed by atoms with Crippen molar-refractivity contribution in [2.75, 3.05) is 34.2 Å². The number of nitrogens with zero attached hydrogens (tertiary/aromatic N) is 1. The Labute approximate surface area is 172 Å². The van der Waals surface area contributed by atoms with E-state index in [0.29, 0.717) is 0 Å². The predicted octanol–water partition coefficient (Wildman–Crippen LogP) is -2.05. The first-order valence-electron chi connectivity index (χ1n) is 8.72. The van der Waals surface area contributed by atoms with E-state index in [4.69, 9.17) is 5.73 Å². The van der Waals surface area contributed by atoms with Crippen LogP contribution in [0.3, 0.4) is 0 Å². The summed E-state index contributed by atoms with van der Waals surface area (Å²) in [5.74, 6) is -2.07. The minimum Gasteiger partial charge on any atom is -0.370 e. The molecule has 1 atom stereocenters. The van der Waals surface area contributed by atoms with Gasteiger partial charge in [0.15, 0.2) is 0 Å². The lowest BCUT2D eigenvalue weighted by Gasteiger charge is -2.22. The van der Waals surface area contributed by atoms with Crippen LogP contribution in [0.4, 0.5) is 0 Å². The molecule has 0 saturated heterocycles. The largest absolute Gasteiger partial charge is 0.370 e. The van der Waals surface area contributed by atoms with Crippen molar-refractivity contribution in [2.24, 2.45) is 17.2 Å².